The number of amides is 4. The molecule has 0 spiro atoms. The van der Waals surface area contributed by atoms with E-state index in [0.717, 1.165) is 0 Å². The number of aromatic amines is 1. The summed E-state index contributed by atoms with van der Waals surface area (Å²) in [4.78, 5) is 67.9. The molecule has 0 aromatic carbocycles. The van der Waals surface area contributed by atoms with Gasteiger partial charge in [0.15, 0.2) is 0 Å². The molecule has 1 aromatic heterocycles. The maximum Gasteiger partial charge on any atom is 0.326 e. The summed E-state index contributed by atoms with van der Waals surface area (Å²) >= 11 is 0. The van der Waals surface area contributed by atoms with Crippen molar-refractivity contribution in [2.24, 2.45) is 23.1 Å². The average molecular weight is 497 g/mol. The van der Waals surface area contributed by atoms with Gasteiger partial charge in [0.05, 0.1) is 18.8 Å². The van der Waals surface area contributed by atoms with Crippen LogP contribution < -0.4 is 33.2 Å². The summed E-state index contributed by atoms with van der Waals surface area (Å²) < 4.78 is 0. The van der Waals surface area contributed by atoms with Crippen molar-refractivity contribution in [3.05, 3.63) is 18.2 Å². The maximum absolute atomic E-state index is 12.9. The van der Waals surface area contributed by atoms with Crippen LogP contribution in [-0.4, -0.2) is 75.4 Å². The number of H-pyrrole nitrogens is 1. The number of imidazole rings is 1. The number of aliphatic carboxylic acids is 1. The first kappa shape index (κ1) is 29.5. The topological polar surface area (TPSA) is 248 Å². The van der Waals surface area contributed by atoms with Crippen molar-refractivity contribution in [1.29, 1.82) is 0 Å². The SMILES string of the molecule is CC(C)C(NC(=O)C(N)Cc1cnc[nH]1)C(=O)NC(CC(N)=O)C(=O)NC(CCCCN)C(=O)O. The highest BCUT2D eigenvalue weighted by molar-refractivity contribution is 5.96. The Morgan fingerprint density at radius 1 is 1.03 bits per heavy atom. The fraction of sp³-hybridized carbons (Fsp3) is 0.619. The molecule has 0 aliphatic rings. The number of primary amides is 1. The van der Waals surface area contributed by atoms with Crippen molar-refractivity contribution < 1.29 is 29.1 Å². The molecule has 0 bridgehead atoms. The standard InChI is InChI=1S/C21H36N8O6/c1-11(2)17(29-18(31)13(23)7-12-9-25-10-26-12)20(33)28-15(8-16(24)30)19(32)27-14(21(34)35)5-3-4-6-22/h9-11,13-15,17H,3-8,22-23H2,1-2H3,(H2,24,30)(H,25,26)(H,27,32)(H,28,33)(H,29,31)(H,34,35). The molecule has 14 nitrogen and oxygen atoms in total. The molecule has 0 aliphatic carbocycles. The summed E-state index contributed by atoms with van der Waals surface area (Å²) in [5.74, 6) is -4.79. The fourth-order valence-corrected chi connectivity index (χ4v) is 3.22. The number of hydrogen-bond donors (Lipinski definition) is 8. The Hall–Kier alpha value is -3.52. The second-order valence-corrected chi connectivity index (χ2v) is 8.53. The second kappa shape index (κ2) is 14.7. The van der Waals surface area contributed by atoms with Gasteiger partial charge in [-0.3, -0.25) is 19.2 Å². The van der Waals surface area contributed by atoms with Crippen molar-refractivity contribution in [2.45, 2.75) is 70.1 Å². The van der Waals surface area contributed by atoms with E-state index < -0.39 is 66.1 Å². The Morgan fingerprint density at radius 2 is 1.69 bits per heavy atom. The minimum absolute atomic E-state index is 0.119. The number of unbranched alkanes of at least 4 members (excludes halogenated alkanes) is 1. The predicted octanol–water partition coefficient (Wildman–Crippen LogP) is -2.52. The van der Waals surface area contributed by atoms with Crippen LogP contribution in [-0.2, 0) is 30.4 Å². The summed E-state index contributed by atoms with van der Waals surface area (Å²) in [5, 5.41) is 16.6. The average Bonchev–Trinajstić information content (AvgIpc) is 3.28. The third-order valence-corrected chi connectivity index (χ3v) is 5.18. The number of carboxylic acid groups (broad SMARTS) is 1. The minimum atomic E-state index is -1.44. The molecule has 1 rings (SSSR count). The van der Waals surface area contributed by atoms with Crippen molar-refractivity contribution in [3.63, 3.8) is 0 Å². The van der Waals surface area contributed by atoms with E-state index >= 15 is 0 Å². The molecule has 196 valence electrons. The van der Waals surface area contributed by atoms with E-state index in [1.807, 2.05) is 0 Å². The van der Waals surface area contributed by atoms with Crippen LogP contribution in [0.3, 0.4) is 0 Å². The van der Waals surface area contributed by atoms with Gasteiger partial charge < -0.3 is 43.2 Å². The zero-order valence-electron chi connectivity index (χ0n) is 20.0. The van der Waals surface area contributed by atoms with Crippen LogP contribution in [0, 0.1) is 5.92 Å². The van der Waals surface area contributed by atoms with Gasteiger partial charge in [-0.15, -0.1) is 0 Å². The van der Waals surface area contributed by atoms with Gasteiger partial charge >= 0.3 is 5.97 Å². The smallest absolute Gasteiger partial charge is 0.326 e. The molecule has 0 saturated heterocycles. The lowest BCUT2D eigenvalue weighted by Gasteiger charge is -2.26. The van der Waals surface area contributed by atoms with E-state index in [1.54, 1.807) is 13.8 Å². The number of carbonyl (C=O) groups excluding carboxylic acids is 4. The van der Waals surface area contributed by atoms with Gasteiger partial charge in [0, 0.05) is 18.3 Å². The second-order valence-electron chi connectivity index (χ2n) is 8.53. The summed E-state index contributed by atoms with van der Waals surface area (Å²) in [6.45, 7) is 3.71. The first-order chi connectivity index (χ1) is 16.5. The van der Waals surface area contributed by atoms with Crippen LogP contribution in [0.15, 0.2) is 12.5 Å². The van der Waals surface area contributed by atoms with Crippen LogP contribution in [0.2, 0.25) is 0 Å². The van der Waals surface area contributed by atoms with Crippen LogP contribution in [0.25, 0.3) is 0 Å². The largest absolute Gasteiger partial charge is 0.480 e. The molecular formula is C21H36N8O6. The van der Waals surface area contributed by atoms with Crippen LogP contribution in [0.5, 0.6) is 0 Å². The Balaban J connectivity index is 2.88. The summed E-state index contributed by atoms with van der Waals surface area (Å²) in [6, 6.07) is -4.73. The predicted molar refractivity (Wildman–Crippen MR) is 125 cm³/mol. The Labute approximate surface area is 203 Å². The van der Waals surface area contributed by atoms with Crippen LogP contribution in [0.4, 0.5) is 0 Å². The van der Waals surface area contributed by atoms with Crippen molar-refractivity contribution in [3.8, 4) is 0 Å². The van der Waals surface area contributed by atoms with E-state index in [1.165, 1.54) is 12.5 Å². The molecule has 14 heteroatoms. The summed E-state index contributed by atoms with van der Waals surface area (Å²) in [6.07, 6.45) is 3.71. The molecule has 4 amide bonds. The van der Waals surface area contributed by atoms with Gasteiger partial charge in [-0.25, -0.2) is 9.78 Å². The molecule has 0 aliphatic heterocycles. The fourth-order valence-electron chi connectivity index (χ4n) is 3.22. The number of rotatable bonds is 16. The number of aromatic nitrogens is 2. The van der Waals surface area contributed by atoms with Crippen LogP contribution in [0.1, 0.15) is 45.2 Å². The number of carboxylic acids is 1. The summed E-state index contributed by atoms with van der Waals surface area (Å²) in [5.41, 5.74) is 17.2. The molecule has 0 fully saturated rings. The minimum Gasteiger partial charge on any atom is -0.480 e. The van der Waals surface area contributed by atoms with Crippen molar-refractivity contribution in [2.75, 3.05) is 6.54 Å². The molecule has 4 atom stereocenters. The highest BCUT2D eigenvalue weighted by atomic mass is 16.4. The molecule has 4 unspecified atom stereocenters. The lowest BCUT2D eigenvalue weighted by Crippen LogP contribution is -2.59. The number of hydrogen-bond acceptors (Lipinski definition) is 8. The van der Waals surface area contributed by atoms with Crippen molar-refractivity contribution >= 4 is 29.6 Å². The van der Waals surface area contributed by atoms with Gasteiger partial charge in [0.1, 0.15) is 18.1 Å². The third kappa shape index (κ3) is 10.5. The van der Waals surface area contributed by atoms with Gasteiger partial charge in [0.25, 0.3) is 0 Å². The number of carbonyl (C=O) groups is 5. The van der Waals surface area contributed by atoms with E-state index in [0.29, 0.717) is 25.1 Å². The molecular weight excluding hydrogens is 460 g/mol. The highest BCUT2D eigenvalue weighted by Gasteiger charge is 2.32. The van der Waals surface area contributed by atoms with Crippen LogP contribution >= 0.6 is 0 Å². The number of nitrogens with one attached hydrogen (secondary N) is 4. The summed E-state index contributed by atoms with van der Waals surface area (Å²) in [7, 11) is 0. The Kier molecular flexibility index (Phi) is 12.4. The molecule has 1 heterocycles. The normalized spacial score (nSPS) is 14.4. The van der Waals surface area contributed by atoms with E-state index in [-0.39, 0.29) is 12.8 Å². The lowest BCUT2D eigenvalue weighted by atomic mass is 10.0. The number of nitrogens with zero attached hydrogens (tertiary/aromatic N) is 1. The van der Waals surface area contributed by atoms with E-state index in [4.69, 9.17) is 17.2 Å². The molecule has 1 aromatic rings. The molecule has 11 N–H and O–H groups in total. The molecule has 0 saturated carbocycles. The molecule has 0 radical (unpaired) electrons. The zero-order valence-corrected chi connectivity index (χ0v) is 20.0. The first-order valence-electron chi connectivity index (χ1n) is 11.3. The highest BCUT2D eigenvalue weighted by Crippen LogP contribution is 2.07. The Morgan fingerprint density at radius 3 is 2.20 bits per heavy atom. The monoisotopic (exact) mass is 496 g/mol. The first-order valence-corrected chi connectivity index (χ1v) is 11.3. The molecule has 35 heavy (non-hydrogen) atoms. The third-order valence-electron chi connectivity index (χ3n) is 5.18. The van der Waals surface area contributed by atoms with Gasteiger partial charge in [-0.05, 0) is 31.7 Å². The van der Waals surface area contributed by atoms with Gasteiger partial charge in [-0.1, -0.05) is 13.8 Å². The quantitative estimate of drug-likeness (QED) is 0.112. The van der Waals surface area contributed by atoms with Gasteiger partial charge in [-0.2, -0.15) is 0 Å². The van der Waals surface area contributed by atoms with Crippen molar-refractivity contribution in [1.82, 2.24) is 25.9 Å². The van der Waals surface area contributed by atoms with E-state index in [2.05, 4.69) is 25.9 Å². The van der Waals surface area contributed by atoms with Gasteiger partial charge in [0.2, 0.25) is 23.6 Å². The van der Waals surface area contributed by atoms with E-state index in [9.17, 15) is 29.1 Å². The Bertz CT molecular complexity index is 860. The number of nitrogens with two attached hydrogens (primary N) is 3. The zero-order chi connectivity index (χ0) is 26.5. The lowest BCUT2D eigenvalue weighted by molar-refractivity contribution is -0.142. The maximum atomic E-state index is 12.9.